The summed E-state index contributed by atoms with van der Waals surface area (Å²) in [6, 6.07) is 6.09. The molecule has 92 valence electrons. The van der Waals surface area contributed by atoms with Crippen molar-refractivity contribution in [3.63, 3.8) is 0 Å². The Labute approximate surface area is 103 Å². The topological polar surface area (TPSA) is 26.3 Å². The summed E-state index contributed by atoms with van der Waals surface area (Å²) >= 11 is 0. The predicted molar refractivity (Wildman–Crippen MR) is 68.3 cm³/mol. The van der Waals surface area contributed by atoms with E-state index in [-0.39, 0.29) is 5.97 Å². The van der Waals surface area contributed by atoms with Gasteiger partial charge in [-0.05, 0) is 30.9 Å². The standard InChI is InChI=1S/C15H20O2/c1-3-4-5-6-12-10-15(16)17-14-8-7-11(2)9-13(12)14/h7-9,12H,3-6,10H2,1-2H3. The van der Waals surface area contributed by atoms with Crippen LogP contribution in [-0.2, 0) is 4.79 Å². The minimum absolute atomic E-state index is 0.0807. The molecule has 0 bridgehead atoms. The average Bonchev–Trinajstić information content (AvgIpc) is 2.30. The van der Waals surface area contributed by atoms with Crippen molar-refractivity contribution in [3.8, 4) is 5.75 Å². The van der Waals surface area contributed by atoms with Gasteiger partial charge in [-0.25, -0.2) is 0 Å². The molecule has 2 rings (SSSR count). The van der Waals surface area contributed by atoms with Gasteiger partial charge in [0.05, 0.1) is 6.42 Å². The molecule has 1 aliphatic heterocycles. The number of carbonyl (C=O) groups excluding carboxylic acids is 1. The maximum atomic E-state index is 11.5. The van der Waals surface area contributed by atoms with Gasteiger partial charge in [-0.3, -0.25) is 4.79 Å². The van der Waals surface area contributed by atoms with E-state index in [0.717, 1.165) is 12.2 Å². The number of ether oxygens (including phenoxy) is 1. The normalized spacial score (nSPS) is 18.7. The number of rotatable bonds is 4. The maximum absolute atomic E-state index is 11.5. The molecule has 0 aromatic heterocycles. The van der Waals surface area contributed by atoms with Gasteiger partial charge in [0.25, 0.3) is 0 Å². The van der Waals surface area contributed by atoms with Crippen LogP contribution in [0.5, 0.6) is 5.75 Å². The van der Waals surface area contributed by atoms with Crippen molar-refractivity contribution in [2.24, 2.45) is 0 Å². The number of carbonyl (C=O) groups is 1. The van der Waals surface area contributed by atoms with Crippen LogP contribution >= 0.6 is 0 Å². The molecule has 1 unspecified atom stereocenters. The molecule has 1 aromatic carbocycles. The van der Waals surface area contributed by atoms with Crippen molar-refractivity contribution in [1.82, 2.24) is 0 Å². The van der Waals surface area contributed by atoms with Crippen LogP contribution in [0.15, 0.2) is 18.2 Å². The molecule has 1 atom stereocenters. The largest absolute Gasteiger partial charge is 0.426 e. The van der Waals surface area contributed by atoms with Crippen LogP contribution in [0.25, 0.3) is 0 Å². The number of unbranched alkanes of at least 4 members (excludes halogenated alkanes) is 2. The number of hydrogen-bond acceptors (Lipinski definition) is 2. The van der Waals surface area contributed by atoms with E-state index in [9.17, 15) is 4.79 Å². The molecule has 0 spiro atoms. The van der Waals surface area contributed by atoms with Crippen LogP contribution in [0.2, 0.25) is 0 Å². The molecule has 0 saturated carbocycles. The lowest BCUT2D eigenvalue weighted by atomic mass is 9.87. The van der Waals surface area contributed by atoms with Crippen LogP contribution in [0.3, 0.4) is 0 Å². The Morgan fingerprint density at radius 1 is 1.35 bits per heavy atom. The first kappa shape index (κ1) is 12.2. The minimum Gasteiger partial charge on any atom is -0.426 e. The summed E-state index contributed by atoms with van der Waals surface area (Å²) in [6.07, 6.45) is 5.30. The summed E-state index contributed by atoms with van der Waals surface area (Å²) in [4.78, 5) is 11.5. The van der Waals surface area contributed by atoms with Gasteiger partial charge in [-0.1, -0.05) is 43.9 Å². The Bertz CT molecular complexity index is 409. The van der Waals surface area contributed by atoms with Gasteiger partial charge in [-0.2, -0.15) is 0 Å². The van der Waals surface area contributed by atoms with Crippen LogP contribution in [0.4, 0.5) is 0 Å². The van der Waals surface area contributed by atoms with E-state index >= 15 is 0 Å². The van der Waals surface area contributed by atoms with Crippen molar-refractivity contribution < 1.29 is 9.53 Å². The Kier molecular flexibility index (Phi) is 3.82. The summed E-state index contributed by atoms with van der Waals surface area (Å²) in [5, 5.41) is 0. The molecule has 0 fully saturated rings. The van der Waals surface area contributed by atoms with Gasteiger partial charge in [0.15, 0.2) is 0 Å². The average molecular weight is 232 g/mol. The monoisotopic (exact) mass is 232 g/mol. The van der Waals surface area contributed by atoms with Crippen LogP contribution in [0, 0.1) is 6.92 Å². The van der Waals surface area contributed by atoms with Crippen LogP contribution < -0.4 is 4.74 Å². The molecule has 1 aromatic rings. The fourth-order valence-corrected chi connectivity index (χ4v) is 2.45. The molecule has 0 radical (unpaired) electrons. The second-order valence-corrected chi connectivity index (χ2v) is 4.91. The van der Waals surface area contributed by atoms with E-state index < -0.39 is 0 Å². The Hall–Kier alpha value is -1.31. The second kappa shape index (κ2) is 5.35. The highest BCUT2D eigenvalue weighted by Crippen LogP contribution is 2.37. The number of benzene rings is 1. The molecule has 0 saturated heterocycles. The van der Waals surface area contributed by atoms with E-state index in [2.05, 4.69) is 19.9 Å². The van der Waals surface area contributed by atoms with Crippen LogP contribution in [-0.4, -0.2) is 5.97 Å². The van der Waals surface area contributed by atoms with Gasteiger partial charge >= 0.3 is 5.97 Å². The third kappa shape index (κ3) is 2.87. The van der Waals surface area contributed by atoms with E-state index in [4.69, 9.17) is 4.74 Å². The number of esters is 1. The fraction of sp³-hybridized carbons (Fsp3) is 0.533. The molecule has 1 aliphatic rings. The summed E-state index contributed by atoms with van der Waals surface area (Å²) in [6.45, 7) is 4.28. The van der Waals surface area contributed by atoms with Gasteiger partial charge in [0.1, 0.15) is 5.75 Å². The Morgan fingerprint density at radius 3 is 2.94 bits per heavy atom. The number of hydrogen-bond donors (Lipinski definition) is 0. The number of fused-ring (bicyclic) bond motifs is 1. The zero-order valence-corrected chi connectivity index (χ0v) is 10.7. The molecule has 0 aliphatic carbocycles. The van der Waals surface area contributed by atoms with Crippen molar-refractivity contribution in [3.05, 3.63) is 29.3 Å². The fourth-order valence-electron chi connectivity index (χ4n) is 2.45. The zero-order chi connectivity index (χ0) is 12.3. The van der Waals surface area contributed by atoms with E-state index in [1.807, 2.05) is 12.1 Å². The van der Waals surface area contributed by atoms with E-state index in [0.29, 0.717) is 12.3 Å². The smallest absolute Gasteiger partial charge is 0.311 e. The predicted octanol–water partition coefficient (Wildman–Crippen LogP) is 3.97. The lowest BCUT2D eigenvalue weighted by Gasteiger charge is -2.24. The molecule has 1 heterocycles. The van der Waals surface area contributed by atoms with Crippen LogP contribution in [0.1, 0.15) is 56.1 Å². The molecule has 2 nitrogen and oxygen atoms in total. The lowest BCUT2D eigenvalue weighted by Crippen LogP contribution is -2.20. The van der Waals surface area contributed by atoms with Gasteiger partial charge < -0.3 is 4.74 Å². The van der Waals surface area contributed by atoms with Crippen molar-refractivity contribution >= 4 is 5.97 Å². The zero-order valence-electron chi connectivity index (χ0n) is 10.7. The van der Waals surface area contributed by atoms with Gasteiger partial charge in [0.2, 0.25) is 0 Å². The quantitative estimate of drug-likeness (QED) is 0.446. The highest BCUT2D eigenvalue weighted by Gasteiger charge is 2.26. The third-order valence-corrected chi connectivity index (χ3v) is 3.40. The lowest BCUT2D eigenvalue weighted by molar-refractivity contribution is -0.136. The summed E-state index contributed by atoms with van der Waals surface area (Å²) in [5.41, 5.74) is 2.46. The molecule has 0 N–H and O–H groups in total. The van der Waals surface area contributed by atoms with Crippen molar-refractivity contribution in [1.29, 1.82) is 0 Å². The highest BCUT2D eigenvalue weighted by atomic mass is 16.5. The highest BCUT2D eigenvalue weighted by molar-refractivity contribution is 5.76. The second-order valence-electron chi connectivity index (χ2n) is 4.91. The summed E-state index contributed by atoms with van der Waals surface area (Å²) in [7, 11) is 0. The van der Waals surface area contributed by atoms with Crippen molar-refractivity contribution in [2.75, 3.05) is 0 Å². The van der Waals surface area contributed by atoms with Gasteiger partial charge in [0, 0.05) is 0 Å². The molecular formula is C15H20O2. The summed E-state index contributed by atoms with van der Waals surface area (Å²) in [5.74, 6) is 1.05. The molecular weight excluding hydrogens is 212 g/mol. The molecule has 17 heavy (non-hydrogen) atoms. The molecule has 2 heteroatoms. The van der Waals surface area contributed by atoms with Crippen molar-refractivity contribution in [2.45, 2.75) is 51.9 Å². The number of aryl methyl sites for hydroxylation is 1. The SMILES string of the molecule is CCCCCC1CC(=O)Oc2ccc(C)cc21. The first-order chi connectivity index (χ1) is 8.20. The first-order valence-electron chi connectivity index (χ1n) is 6.52. The van der Waals surface area contributed by atoms with E-state index in [1.54, 1.807) is 0 Å². The Morgan fingerprint density at radius 2 is 2.18 bits per heavy atom. The minimum atomic E-state index is -0.0807. The summed E-state index contributed by atoms with van der Waals surface area (Å²) < 4.78 is 5.28. The molecule has 0 amide bonds. The first-order valence-corrected chi connectivity index (χ1v) is 6.52. The van der Waals surface area contributed by atoms with E-state index in [1.165, 1.54) is 30.4 Å². The van der Waals surface area contributed by atoms with Gasteiger partial charge in [-0.15, -0.1) is 0 Å². The maximum Gasteiger partial charge on any atom is 0.311 e. The third-order valence-electron chi connectivity index (χ3n) is 3.40. The Balaban J connectivity index is 2.17.